The number of para-hydroxylation sites is 1. The van der Waals surface area contributed by atoms with Gasteiger partial charge in [0.1, 0.15) is 6.61 Å². The van der Waals surface area contributed by atoms with Crippen molar-refractivity contribution in [3.63, 3.8) is 0 Å². The Labute approximate surface area is 149 Å². The highest BCUT2D eigenvalue weighted by Crippen LogP contribution is 2.15. The molecule has 2 N–H and O–H groups in total. The third kappa shape index (κ3) is 6.60. The first-order valence-corrected chi connectivity index (χ1v) is 8.39. The molecule has 1 aromatic rings. The highest BCUT2D eigenvalue weighted by atomic mass is 19.1. The highest BCUT2D eigenvalue weighted by molar-refractivity contribution is 5.84. The number of benzene rings is 1. The molecule has 0 saturated heterocycles. The van der Waals surface area contributed by atoms with Gasteiger partial charge < -0.3 is 20.3 Å². The Hall–Kier alpha value is -2.31. The maximum atomic E-state index is 13.5. The fraction of sp³-hybridized carbons (Fsp3) is 0.556. The van der Waals surface area contributed by atoms with Gasteiger partial charge in [-0.15, -0.1) is 0 Å². The minimum Gasteiger partial charge on any atom is -0.489 e. The van der Waals surface area contributed by atoms with Crippen LogP contribution < -0.4 is 15.4 Å². The molecule has 0 aliphatic carbocycles. The first kappa shape index (κ1) is 20.7. The summed E-state index contributed by atoms with van der Waals surface area (Å²) < 4.78 is 19.0. The SMILES string of the molecule is CCNC(=O)C(C)(C)CNC(=NC)N(C)CCOc1ccccc1F. The number of amides is 1. The number of aliphatic imine (C=N–C) groups is 1. The maximum Gasteiger partial charge on any atom is 0.227 e. The summed E-state index contributed by atoms with van der Waals surface area (Å²) in [5, 5.41) is 6.02. The molecule has 7 heteroatoms. The lowest BCUT2D eigenvalue weighted by molar-refractivity contribution is -0.128. The molecule has 0 bridgehead atoms. The van der Waals surface area contributed by atoms with Crippen LogP contribution in [0.1, 0.15) is 20.8 Å². The zero-order valence-electron chi connectivity index (χ0n) is 15.7. The van der Waals surface area contributed by atoms with E-state index in [1.165, 1.54) is 6.07 Å². The van der Waals surface area contributed by atoms with Gasteiger partial charge in [-0.3, -0.25) is 9.79 Å². The fourth-order valence-electron chi connectivity index (χ4n) is 2.13. The number of carbonyl (C=O) groups excluding carboxylic acids is 1. The van der Waals surface area contributed by atoms with Crippen LogP contribution in [0.4, 0.5) is 4.39 Å². The Morgan fingerprint density at radius 3 is 2.60 bits per heavy atom. The minimum absolute atomic E-state index is 0.0107. The predicted octanol–water partition coefficient (Wildman–Crippen LogP) is 1.87. The molecule has 6 nitrogen and oxygen atoms in total. The van der Waals surface area contributed by atoms with E-state index >= 15 is 0 Å². The Morgan fingerprint density at radius 2 is 2.00 bits per heavy atom. The fourth-order valence-corrected chi connectivity index (χ4v) is 2.13. The third-order valence-electron chi connectivity index (χ3n) is 3.73. The van der Waals surface area contributed by atoms with Crippen LogP contribution in [0.3, 0.4) is 0 Å². The summed E-state index contributed by atoms with van der Waals surface area (Å²) >= 11 is 0. The van der Waals surface area contributed by atoms with Crippen LogP contribution in [0.5, 0.6) is 5.75 Å². The molecular weight excluding hydrogens is 323 g/mol. The van der Waals surface area contributed by atoms with Crippen molar-refractivity contribution in [3.8, 4) is 5.75 Å². The summed E-state index contributed by atoms with van der Waals surface area (Å²) in [7, 11) is 3.54. The molecule has 0 atom stereocenters. The first-order valence-electron chi connectivity index (χ1n) is 8.39. The average Bonchev–Trinajstić information content (AvgIpc) is 2.57. The Kier molecular flexibility index (Phi) is 8.18. The van der Waals surface area contributed by atoms with E-state index in [4.69, 9.17) is 4.74 Å². The molecule has 0 spiro atoms. The molecule has 0 saturated carbocycles. The standard InChI is InChI=1S/C18H29FN4O2/c1-6-21-16(24)18(2,3)13-22-17(20-4)23(5)11-12-25-15-10-8-7-9-14(15)19/h7-10H,6,11-13H2,1-5H3,(H,20,22)(H,21,24). The molecule has 0 aliphatic heterocycles. The Balaban J connectivity index is 2.48. The maximum absolute atomic E-state index is 13.5. The molecule has 0 aliphatic rings. The molecule has 0 radical (unpaired) electrons. The van der Waals surface area contributed by atoms with Gasteiger partial charge in [0.25, 0.3) is 0 Å². The van der Waals surface area contributed by atoms with Gasteiger partial charge in [0.2, 0.25) is 5.91 Å². The third-order valence-corrected chi connectivity index (χ3v) is 3.73. The van der Waals surface area contributed by atoms with E-state index in [1.54, 1.807) is 25.2 Å². The number of carbonyl (C=O) groups is 1. The van der Waals surface area contributed by atoms with Crippen molar-refractivity contribution < 1.29 is 13.9 Å². The summed E-state index contributed by atoms with van der Waals surface area (Å²) in [6, 6.07) is 6.31. The molecule has 1 amide bonds. The van der Waals surface area contributed by atoms with Gasteiger partial charge in [0.05, 0.1) is 12.0 Å². The number of halogens is 1. The Bertz CT molecular complexity index is 590. The van der Waals surface area contributed by atoms with Gasteiger partial charge in [0, 0.05) is 27.2 Å². The van der Waals surface area contributed by atoms with Crippen LogP contribution in [0.25, 0.3) is 0 Å². The lowest BCUT2D eigenvalue weighted by atomic mass is 9.92. The summed E-state index contributed by atoms with van der Waals surface area (Å²) in [5.74, 6) is 0.491. The molecule has 1 aromatic carbocycles. The topological polar surface area (TPSA) is 66.0 Å². The van der Waals surface area contributed by atoms with Gasteiger partial charge in [-0.25, -0.2) is 4.39 Å². The second-order valence-corrected chi connectivity index (χ2v) is 6.34. The molecule has 140 valence electrons. The number of ether oxygens (including phenoxy) is 1. The van der Waals surface area contributed by atoms with E-state index in [-0.39, 0.29) is 17.5 Å². The summed E-state index contributed by atoms with van der Waals surface area (Å²) in [5.41, 5.74) is -0.559. The van der Waals surface area contributed by atoms with Crippen molar-refractivity contribution in [1.82, 2.24) is 15.5 Å². The van der Waals surface area contributed by atoms with Crippen LogP contribution >= 0.6 is 0 Å². The number of hydrogen-bond donors (Lipinski definition) is 2. The van der Waals surface area contributed by atoms with E-state index in [2.05, 4.69) is 15.6 Å². The van der Waals surface area contributed by atoms with E-state index in [0.717, 1.165) is 0 Å². The van der Waals surface area contributed by atoms with Gasteiger partial charge in [-0.05, 0) is 32.9 Å². The largest absolute Gasteiger partial charge is 0.489 e. The molecular formula is C18H29FN4O2. The van der Waals surface area contributed by atoms with Crippen LogP contribution in [-0.4, -0.2) is 57.1 Å². The van der Waals surface area contributed by atoms with Crippen LogP contribution in [0.2, 0.25) is 0 Å². The molecule has 1 rings (SSSR count). The number of hydrogen-bond acceptors (Lipinski definition) is 3. The highest BCUT2D eigenvalue weighted by Gasteiger charge is 2.27. The molecule has 25 heavy (non-hydrogen) atoms. The van der Waals surface area contributed by atoms with Gasteiger partial charge in [-0.1, -0.05) is 12.1 Å². The number of rotatable bonds is 8. The second-order valence-electron chi connectivity index (χ2n) is 6.34. The van der Waals surface area contributed by atoms with E-state index < -0.39 is 5.41 Å². The normalized spacial score (nSPS) is 11.8. The number of nitrogens with one attached hydrogen (secondary N) is 2. The van der Waals surface area contributed by atoms with E-state index in [0.29, 0.717) is 32.2 Å². The average molecular weight is 352 g/mol. The quantitative estimate of drug-likeness (QED) is 0.554. The van der Waals surface area contributed by atoms with Crippen LogP contribution in [0, 0.1) is 11.2 Å². The lowest BCUT2D eigenvalue weighted by Gasteiger charge is -2.28. The monoisotopic (exact) mass is 352 g/mol. The summed E-state index contributed by atoms with van der Waals surface area (Å²) in [6.07, 6.45) is 0. The van der Waals surface area contributed by atoms with Crippen molar-refractivity contribution in [3.05, 3.63) is 30.1 Å². The van der Waals surface area contributed by atoms with E-state index in [1.807, 2.05) is 32.7 Å². The number of nitrogens with zero attached hydrogens (tertiary/aromatic N) is 2. The molecule has 0 aromatic heterocycles. The predicted molar refractivity (Wildman–Crippen MR) is 98.4 cm³/mol. The minimum atomic E-state index is -0.559. The van der Waals surface area contributed by atoms with Gasteiger partial charge >= 0.3 is 0 Å². The molecule has 0 unspecified atom stereocenters. The van der Waals surface area contributed by atoms with Crippen molar-refractivity contribution in [2.24, 2.45) is 10.4 Å². The van der Waals surface area contributed by atoms with Crippen LogP contribution in [0.15, 0.2) is 29.3 Å². The van der Waals surface area contributed by atoms with Crippen molar-refractivity contribution in [2.45, 2.75) is 20.8 Å². The smallest absolute Gasteiger partial charge is 0.227 e. The van der Waals surface area contributed by atoms with Crippen molar-refractivity contribution in [1.29, 1.82) is 0 Å². The summed E-state index contributed by atoms with van der Waals surface area (Å²) in [4.78, 5) is 18.1. The molecule has 0 heterocycles. The van der Waals surface area contributed by atoms with Gasteiger partial charge in [0.15, 0.2) is 17.5 Å². The lowest BCUT2D eigenvalue weighted by Crippen LogP contribution is -2.48. The molecule has 0 fully saturated rings. The zero-order chi connectivity index (χ0) is 18.9. The van der Waals surface area contributed by atoms with Crippen molar-refractivity contribution in [2.75, 3.05) is 40.3 Å². The zero-order valence-corrected chi connectivity index (χ0v) is 15.7. The Morgan fingerprint density at radius 1 is 1.32 bits per heavy atom. The van der Waals surface area contributed by atoms with Crippen LogP contribution in [-0.2, 0) is 4.79 Å². The second kappa shape index (κ2) is 9.86. The van der Waals surface area contributed by atoms with Crippen molar-refractivity contribution >= 4 is 11.9 Å². The van der Waals surface area contributed by atoms with Gasteiger partial charge in [-0.2, -0.15) is 0 Å². The first-order chi connectivity index (χ1) is 11.8. The number of guanidine groups is 1. The summed E-state index contributed by atoms with van der Waals surface area (Å²) in [6.45, 7) is 7.53. The van der Waals surface area contributed by atoms with E-state index in [9.17, 15) is 9.18 Å². The number of likely N-dealkylation sites (N-methyl/N-ethyl adjacent to an activating group) is 1.